The highest BCUT2D eigenvalue weighted by Crippen LogP contribution is 2.48. The first-order valence-corrected chi connectivity index (χ1v) is 7.54. The van der Waals surface area contributed by atoms with Gasteiger partial charge in [-0.3, -0.25) is 4.79 Å². The van der Waals surface area contributed by atoms with Crippen molar-refractivity contribution in [1.29, 1.82) is 0 Å². The summed E-state index contributed by atoms with van der Waals surface area (Å²) in [5, 5.41) is 0. The molecule has 1 aromatic rings. The van der Waals surface area contributed by atoms with Gasteiger partial charge in [-0.15, -0.1) is 0 Å². The molecule has 0 aliphatic carbocycles. The van der Waals surface area contributed by atoms with E-state index in [0.29, 0.717) is 13.0 Å². The number of fused-ring (bicyclic) bond motifs is 4. The number of benzene rings is 1. The molecule has 5 heteroatoms. The van der Waals surface area contributed by atoms with Gasteiger partial charge in [-0.2, -0.15) is 0 Å². The predicted octanol–water partition coefficient (Wildman–Crippen LogP) is 2.55. The highest BCUT2D eigenvalue weighted by Gasteiger charge is 2.48. The zero-order valence-electron chi connectivity index (χ0n) is 13.2. The van der Waals surface area contributed by atoms with Crippen molar-refractivity contribution in [2.75, 3.05) is 20.3 Å². The van der Waals surface area contributed by atoms with Crippen LogP contribution in [0.25, 0.3) is 0 Å². The Balaban J connectivity index is 1.92. The molecule has 0 fully saturated rings. The molecule has 22 heavy (non-hydrogen) atoms. The minimum Gasteiger partial charge on any atom is -0.466 e. The molecule has 0 aromatic heterocycles. The van der Waals surface area contributed by atoms with Gasteiger partial charge < -0.3 is 14.2 Å². The fourth-order valence-corrected chi connectivity index (χ4v) is 3.43. The van der Waals surface area contributed by atoms with E-state index in [4.69, 9.17) is 14.2 Å². The van der Waals surface area contributed by atoms with Gasteiger partial charge in [0.05, 0.1) is 6.61 Å². The zero-order valence-corrected chi connectivity index (χ0v) is 13.2. The van der Waals surface area contributed by atoms with E-state index in [1.807, 2.05) is 38.1 Å². The summed E-state index contributed by atoms with van der Waals surface area (Å²) in [6.07, 6.45) is 0.686. The fourth-order valence-electron chi connectivity index (χ4n) is 3.43. The number of ether oxygens (including phenoxy) is 3. The van der Waals surface area contributed by atoms with E-state index in [-0.39, 0.29) is 24.4 Å². The number of methoxy groups -OCH3 is 1. The second kappa shape index (κ2) is 5.72. The molecule has 0 spiro atoms. The Morgan fingerprint density at radius 3 is 2.95 bits per heavy atom. The summed E-state index contributed by atoms with van der Waals surface area (Å²) in [5.41, 5.74) is 1.24. The van der Waals surface area contributed by atoms with Crippen molar-refractivity contribution < 1.29 is 19.0 Å². The number of carbonyl (C=O) groups excluding carboxylic acids is 1. The molecule has 118 valence electrons. The molecule has 0 saturated heterocycles. The molecule has 2 heterocycles. The van der Waals surface area contributed by atoms with Crippen LogP contribution >= 0.6 is 0 Å². The Hall–Kier alpha value is -1.88. The third-order valence-electron chi connectivity index (χ3n) is 4.30. The molecule has 3 rings (SSSR count). The van der Waals surface area contributed by atoms with Gasteiger partial charge in [0, 0.05) is 25.2 Å². The van der Waals surface area contributed by atoms with Crippen LogP contribution in [-0.2, 0) is 14.3 Å². The molecule has 0 N–H and O–H groups in total. The highest BCUT2D eigenvalue weighted by atomic mass is 16.6. The number of hydrogen-bond acceptors (Lipinski definition) is 5. The monoisotopic (exact) mass is 303 g/mol. The number of carbonyl (C=O) groups is 1. The first-order chi connectivity index (χ1) is 10.5. The summed E-state index contributed by atoms with van der Waals surface area (Å²) in [6.45, 7) is 4.51. The minimum absolute atomic E-state index is 0.0440. The van der Waals surface area contributed by atoms with Crippen LogP contribution in [0.15, 0.2) is 29.3 Å². The van der Waals surface area contributed by atoms with Crippen molar-refractivity contribution in [2.45, 2.75) is 31.9 Å². The molecular weight excluding hydrogens is 282 g/mol. The fraction of sp³-hybridized carbons (Fsp3) is 0.529. The number of para-hydroxylation sites is 1. The van der Waals surface area contributed by atoms with Crippen LogP contribution in [0.1, 0.15) is 31.7 Å². The normalized spacial score (nSPS) is 29.1. The smallest absolute Gasteiger partial charge is 0.315 e. The zero-order chi connectivity index (χ0) is 15.7. The Labute approximate surface area is 130 Å². The Bertz CT molecular complexity index is 612. The van der Waals surface area contributed by atoms with Crippen LogP contribution in [0.3, 0.4) is 0 Å². The summed E-state index contributed by atoms with van der Waals surface area (Å²) in [5.74, 6) is 0.270. The third-order valence-corrected chi connectivity index (χ3v) is 4.30. The molecule has 1 unspecified atom stereocenters. The van der Waals surface area contributed by atoms with Crippen LogP contribution < -0.4 is 4.74 Å². The molecule has 0 radical (unpaired) electrons. The third kappa shape index (κ3) is 2.61. The second-order valence-corrected chi connectivity index (χ2v) is 6.02. The van der Waals surface area contributed by atoms with Gasteiger partial charge in [-0.1, -0.05) is 18.2 Å². The molecule has 2 aliphatic heterocycles. The Kier molecular flexibility index (Phi) is 3.91. The van der Waals surface area contributed by atoms with Crippen molar-refractivity contribution in [2.24, 2.45) is 10.9 Å². The van der Waals surface area contributed by atoms with E-state index >= 15 is 0 Å². The number of aliphatic imine (C=N–C) groups is 1. The number of esters is 1. The van der Waals surface area contributed by atoms with Gasteiger partial charge in [-0.05, 0) is 25.5 Å². The van der Waals surface area contributed by atoms with Crippen molar-refractivity contribution >= 4 is 11.7 Å². The van der Waals surface area contributed by atoms with Crippen molar-refractivity contribution in [3.63, 3.8) is 0 Å². The molecule has 0 amide bonds. The maximum absolute atomic E-state index is 12.5. The van der Waals surface area contributed by atoms with Crippen LogP contribution in [-0.4, -0.2) is 37.7 Å². The second-order valence-electron chi connectivity index (χ2n) is 6.02. The van der Waals surface area contributed by atoms with Crippen molar-refractivity contribution in [1.82, 2.24) is 0 Å². The standard InChI is InChI=1S/C17H21NO4/c1-11-15(16(19)21-9-8-20-3)13-10-17(2,18-11)22-14-7-5-4-6-12(13)14/h4-7,13,15H,8-10H2,1-3H3/t13-,15?,17-/m0/s1. The maximum atomic E-state index is 12.5. The van der Waals surface area contributed by atoms with Gasteiger partial charge in [-0.25, -0.2) is 4.99 Å². The van der Waals surface area contributed by atoms with Crippen molar-refractivity contribution in [3.05, 3.63) is 29.8 Å². The predicted molar refractivity (Wildman–Crippen MR) is 82.3 cm³/mol. The van der Waals surface area contributed by atoms with Gasteiger partial charge in [0.15, 0.2) is 5.72 Å². The van der Waals surface area contributed by atoms with E-state index in [1.165, 1.54) is 0 Å². The molecule has 2 aliphatic rings. The number of hydrogen-bond donors (Lipinski definition) is 0. The van der Waals surface area contributed by atoms with Crippen LogP contribution in [0, 0.1) is 5.92 Å². The maximum Gasteiger partial charge on any atom is 0.315 e. The average molecular weight is 303 g/mol. The lowest BCUT2D eigenvalue weighted by Gasteiger charge is -2.44. The summed E-state index contributed by atoms with van der Waals surface area (Å²) >= 11 is 0. The van der Waals surface area contributed by atoms with Crippen LogP contribution in [0.2, 0.25) is 0 Å². The summed E-state index contributed by atoms with van der Waals surface area (Å²) in [6, 6.07) is 7.86. The largest absolute Gasteiger partial charge is 0.466 e. The SMILES string of the molecule is COCCOC(=O)C1C(C)=N[C@]2(C)C[C@H]1c1ccccc1O2. The first-order valence-electron chi connectivity index (χ1n) is 7.54. The van der Waals surface area contributed by atoms with E-state index < -0.39 is 5.72 Å². The van der Waals surface area contributed by atoms with Gasteiger partial charge in [0.25, 0.3) is 0 Å². The molecule has 5 nitrogen and oxygen atoms in total. The average Bonchev–Trinajstić information content (AvgIpc) is 2.46. The highest BCUT2D eigenvalue weighted by molar-refractivity contribution is 6.02. The van der Waals surface area contributed by atoms with E-state index in [9.17, 15) is 4.79 Å². The van der Waals surface area contributed by atoms with E-state index in [0.717, 1.165) is 17.0 Å². The quantitative estimate of drug-likeness (QED) is 0.633. The topological polar surface area (TPSA) is 57.1 Å². The van der Waals surface area contributed by atoms with E-state index in [1.54, 1.807) is 7.11 Å². The minimum atomic E-state index is -0.591. The molecule has 0 saturated carbocycles. The lowest BCUT2D eigenvalue weighted by molar-refractivity contribution is -0.149. The van der Waals surface area contributed by atoms with E-state index in [2.05, 4.69) is 4.99 Å². The Morgan fingerprint density at radius 1 is 1.41 bits per heavy atom. The van der Waals surface area contributed by atoms with Crippen molar-refractivity contribution in [3.8, 4) is 5.75 Å². The molecule has 1 aromatic carbocycles. The lowest BCUT2D eigenvalue weighted by atomic mass is 9.74. The number of nitrogens with zero attached hydrogens (tertiary/aromatic N) is 1. The summed E-state index contributed by atoms with van der Waals surface area (Å²) < 4.78 is 16.3. The number of rotatable bonds is 4. The summed E-state index contributed by atoms with van der Waals surface area (Å²) in [4.78, 5) is 17.1. The molecule has 2 bridgehead atoms. The first kappa shape index (κ1) is 15.0. The lowest BCUT2D eigenvalue weighted by Crippen LogP contribution is -2.47. The molecular formula is C17H21NO4. The van der Waals surface area contributed by atoms with Gasteiger partial charge in [0.2, 0.25) is 0 Å². The summed E-state index contributed by atoms with van der Waals surface area (Å²) in [7, 11) is 1.58. The van der Waals surface area contributed by atoms with Crippen LogP contribution in [0.4, 0.5) is 0 Å². The van der Waals surface area contributed by atoms with Crippen LogP contribution in [0.5, 0.6) is 5.75 Å². The Morgan fingerprint density at radius 2 is 2.18 bits per heavy atom. The van der Waals surface area contributed by atoms with Gasteiger partial charge in [0.1, 0.15) is 18.3 Å². The van der Waals surface area contributed by atoms with Gasteiger partial charge >= 0.3 is 5.97 Å². The molecule has 3 atom stereocenters.